The van der Waals surface area contributed by atoms with Gasteiger partial charge in [0.1, 0.15) is 11.6 Å². The number of hydrogen-bond acceptors (Lipinski definition) is 2. The van der Waals surface area contributed by atoms with E-state index in [1.54, 1.807) is 6.07 Å². The quantitative estimate of drug-likeness (QED) is 0.608. The third kappa shape index (κ3) is 2.58. The number of nitrogens with zero attached hydrogens (tertiary/aromatic N) is 2. The van der Waals surface area contributed by atoms with E-state index in [9.17, 15) is 4.39 Å². The molecule has 17 heavy (non-hydrogen) atoms. The molecule has 0 aliphatic carbocycles. The number of fused-ring (bicyclic) bond motifs is 1. The number of halogens is 2. The highest BCUT2D eigenvalue weighted by Crippen LogP contribution is 2.18. The van der Waals surface area contributed by atoms with Crippen molar-refractivity contribution in [3.05, 3.63) is 29.8 Å². The topological polar surface area (TPSA) is 27.1 Å². The first-order valence-corrected chi connectivity index (χ1v) is 6.08. The van der Waals surface area contributed by atoms with Gasteiger partial charge in [-0.2, -0.15) is 0 Å². The highest BCUT2D eigenvalue weighted by Gasteiger charge is 2.10. The molecule has 0 bridgehead atoms. The monoisotopic (exact) mass is 256 g/mol. The summed E-state index contributed by atoms with van der Waals surface area (Å²) in [6.07, 6.45) is 0. The van der Waals surface area contributed by atoms with Crippen LogP contribution in [0.3, 0.4) is 0 Å². The third-order valence-electron chi connectivity index (χ3n) is 2.57. The van der Waals surface area contributed by atoms with Crippen molar-refractivity contribution in [3.8, 4) is 0 Å². The van der Waals surface area contributed by atoms with Gasteiger partial charge in [-0.05, 0) is 25.1 Å². The Labute approximate surface area is 104 Å². The van der Waals surface area contributed by atoms with Crippen LogP contribution in [0.15, 0.2) is 18.2 Å². The van der Waals surface area contributed by atoms with Crippen molar-refractivity contribution in [2.75, 3.05) is 13.2 Å². The number of ether oxygens (including phenoxy) is 1. The summed E-state index contributed by atoms with van der Waals surface area (Å²) < 4.78 is 20.4. The van der Waals surface area contributed by atoms with Gasteiger partial charge in [0.05, 0.1) is 23.5 Å². The molecule has 1 aromatic carbocycles. The van der Waals surface area contributed by atoms with Crippen LogP contribution in [-0.2, 0) is 17.2 Å². The minimum atomic E-state index is -0.267. The van der Waals surface area contributed by atoms with E-state index < -0.39 is 0 Å². The van der Waals surface area contributed by atoms with Gasteiger partial charge in [0, 0.05) is 13.2 Å². The van der Waals surface area contributed by atoms with Crippen molar-refractivity contribution in [2.24, 2.45) is 0 Å². The van der Waals surface area contributed by atoms with Crippen LogP contribution in [0.5, 0.6) is 0 Å². The van der Waals surface area contributed by atoms with Crippen LogP contribution in [0.2, 0.25) is 0 Å². The number of benzene rings is 1. The molecule has 2 aromatic rings. The van der Waals surface area contributed by atoms with Gasteiger partial charge in [-0.3, -0.25) is 0 Å². The van der Waals surface area contributed by atoms with Gasteiger partial charge in [-0.25, -0.2) is 9.37 Å². The SMILES string of the molecule is CCOCCn1c(CCl)nc2ccc(F)cc21. The van der Waals surface area contributed by atoms with Gasteiger partial charge in [-0.15, -0.1) is 11.6 Å². The van der Waals surface area contributed by atoms with E-state index in [4.69, 9.17) is 16.3 Å². The molecule has 0 saturated heterocycles. The molecule has 0 aliphatic heterocycles. The fraction of sp³-hybridized carbons (Fsp3) is 0.417. The Balaban J connectivity index is 2.38. The average Bonchev–Trinajstić information content (AvgIpc) is 2.67. The molecule has 0 atom stereocenters. The predicted molar refractivity (Wildman–Crippen MR) is 65.7 cm³/mol. The van der Waals surface area contributed by atoms with E-state index in [-0.39, 0.29) is 5.82 Å². The summed E-state index contributed by atoms with van der Waals surface area (Å²) in [4.78, 5) is 4.36. The largest absolute Gasteiger partial charge is 0.380 e. The van der Waals surface area contributed by atoms with Gasteiger partial charge >= 0.3 is 0 Å². The minimum Gasteiger partial charge on any atom is -0.380 e. The molecular weight excluding hydrogens is 243 g/mol. The number of imidazole rings is 1. The van der Waals surface area contributed by atoms with Crippen molar-refractivity contribution >= 4 is 22.6 Å². The van der Waals surface area contributed by atoms with Crippen molar-refractivity contribution in [1.82, 2.24) is 9.55 Å². The second-order valence-corrected chi connectivity index (χ2v) is 3.91. The first-order valence-electron chi connectivity index (χ1n) is 5.54. The van der Waals surface area contributed by atoms with E-state index in [0.29, 0.717) is 25.6 Å². The van der Waals surface area contributed by atoms with E-state index in [1.807, 2.05) is 11.5 Å². The molecule has 0 fully saturated rings. The zero-order valence-electron chi connectivity index (χ0n) is 9.62. The minimum absolute atomic E-state index is 0.267. The highest BCUT2D eigenvalue weighted by molar-refractivity contribution is 6.16. The molecule has 1 aromatic heterocycles. The molecule has 0 N–H and O–H groups in total. The highest BCUT2D eigenvalue weighted by atomic mass is 35.5. The number of hydrogen-bond donors (Lipinski definition) is 0. The smallest absolute Gasteiger partial charge is 0.125 e. The van der Waals surface area contributed by atoms with Gasteiger partial charge < -0.3 is 9.30 Å². The van der Waals surface area contributed by atoms with Gasteiger partial charge in [0.2, 0.25) is 0 Å². The summed E-state index contributed by atoms with van der Waals surface area (Å²) in [5.74, 6) is 0.783. The van der Waals surface area contributed by atoms with Crippen LogP contribution in [0.1, 0.15) is 12.7 Å². The lowest BCUT2D eigenvalue weighted by atomic mass is 10.3. The summed E-state index contributed by atoms with van der Waals surface area (Å²) in [5.41, 5.74) is 1.53. The fourth-order valence-electron chi connectivity index (χ4n) is 1.80. The molecule has 3 nitrogen and oxygen atoms in total. The van der Waals surface area contributed by atoms with Gasteiger partial charge in [0.15, 0.2) is 0 Å². The van der Waals surface area contributed by atoms with Crippen LogP contribution in [-0.4, -0.2) is 22.8 Å². The molecule has 0 amide bonds. The Bertz CT molecular complexity index is 512. The summed E-state index contributed by atoms with van der Waals surface area (Å²) in [7, 11) is 0. The van der Waals surface area contributed by atoms with Crippen molar-refractivity contribution in [1.29, 1.82) is 0 Å². The zero-order chi connectivity index (χ0) is 12.3. The molecule has 2 rings (SSSR count). The van der Waals surface area contributed by atoms with E-state index in [0.717, 1.165) is 16.9 Å². The Morgan fingerprint density at radius 1 is 1.47 bits per heavy atom. The van der Waals surface area contributed by atoms with Gasteiger partial charge in [0.25, 0.3) is 0 Å². The first-order chi connectivity index (χ1) is 8.26. The number of aromatic nitrogens is 2. The number of rotatable bonds is 5. The molecule has 0 unspecified atom stereocenters. The summed E-state index contributed by atoms with van der Waals surface area (Å²) in [6, 6.07) is 4.54. The van der Waals surface area contributed by atoms with Gasteiger partial charge in [-0.1, -0.05) is 0 Å². The first kappa shape index (κ1) is 12.3. The Morgan fingerprint density at radius 2 is 2.29 bits per heavy atom. The molecule has 0 aliphatic rings. The molecule has 0 spiro atoms. The van der Waals surface area contributed by atoms with Crippen LogP contribution in [0.25, 0.3) is 11.0 Å². The lowest BCUT2D eigenvalue weighted by Crippen LogP contribution is -2.08. The normalized spacial score (nSPS) is 11.2. The molecule has 92 valence electrons. The van der Waals surface area contributed by atoms with Crippen LogP contribution >= 0.6 is 11.6 Å². The second-order valence-electron chi connectivity index (χ2n) is 3.64. The fourth-order valence-corrected chi connectivity index (χ4v) is 2.00. The maximum absolute atomic E-state index is 13.2. The molecule has 0 saturated carbocycles. The standard InChI is InChI=1S/C12H14ClFN2O/c1-2-17-6-5-16-11-7-9(14)3-4-10(11)15-12(16)8-13/h3-4,7H,2,5-6,8H2,1H3. The van der Waals surface area contributed by atoms with E-state index >= 15 is 0 Å². The molecule has 0 radical (unpaired) electrons. The molecular formula is C12H14ClFN2O. The predicted octanol–water partition coefficient (Wildman–Crippen LogP) is 2.95. The second kappa shape index (κ2) is 5.47. The van der Waals surface area contributed by atoms with Crippen LogP contribution in [0.4, 0.5) is 4.39 Å². The van der Waals surface area contributed by atoms with Crippen molar-refractivity contribution in [2.45, 2.75) is 19.3 Å². The van der Waals surface area contributed by atoms with E-state index in [2.05, 4.69) is 4.98 Å². The van der Waals surface area contributed by atoms with Crippen molar-refractivity contribution < 1.29 is 9.13 Å². The zero-order valence-corrected chi connectivity index (χ0v) is 10.4. The van der Waals surface area contributed by atoms with Crippen LogP contribution in [0, 0.1) is 5.82 Å². The van der Waals surface area contributed by atoms with E-state index in [1.165, 1.54) is 12.1 Å². The summed E-state index contributed by atoms with van der Waals surface area (Å²) >= 11 is 5.84. The Morgan fingerprint density at radius 3 is 3.00 bits per heavy atom. The van der Waals surface area contributed by atoms with Crippen molar-refractivity contribution in [3.63, 3.8) is 0 Å². The lowest BCUT2D eigenvalue weighted by Gasteiger charge is -2.07. The Hall–Kier alpha value is -1.13. The summed E-state index contributed by atoms with van der Waals surface area (Å²) in [6.45, 7) is 3.81. The molecule has 1 heterocycles. The average molecular weight is 257 g/mol. The number of alkyl halides is 1. The maximum Gasteiger partial charge on any atom is 0.125 e. The summed E-state index contributed by atoms with van der Waals surface area (Å²) in [5, 5.41) is 0. The Kier molecular flexibility index (Phi) is 3.97. The molecule has 5 heteroatoms. The third-order valence-corrected chi connectivity index (χ3v) is 2.81. The maximum atomic E-state index is 13.2. The lowest BCUT2D eigenvalue weighted by molar-refractivity contribution is 0.139. The van der Waals surface area contributed by atoms with Crippen LogP contribution < -0.4 is 0 Å².